The predicted octanol–water partition coefficient (Wildman–Crippen LogP) is 2.33. The first-order valence-corrected chi connectivity index (χ1v) is 8.93. The Morgan fingerprint density at radius 1 is 1.41 bits per heavy atom. The topological polar surface area (TPSA) is 69.8 Å². The van der Waals surface area contributed by atoms with Gasteiger partial charge in [-0.25, -0.2) is 4.98 Å². The Morgan fingerprint density at radius 2 is 2.18 bits per heavy atom. The van der Waals surface area contributed by atoms with Gasteiger partial charge >= 0.3 is 0 Å². The fourth-order valence-electron chi connectivity index (χ4n) is 2.36. The third-order valence-electron chi connectivity index (χ3n) is 3.62. The predicted molar refractivity (Wildman–Crippen MR) is 93.1 cm³/mol. The van der Waals surface area contributed by atoms with Gasteiger partial charge in [0.05, 0.1) is 17.1 Å². The largest absolute Gasteiger partial charge is 0.346 e. The molecule has 2 rings (SSSR count). The highest BCUT2D eigenvalue weighted by Crippen LogP contribution is 2.20. The molecule has 1 aromatic carbocycles. The highest BCUT2D eigenvalue weighted by Gasteiger charge is 2.21. The van der Waals surface area contributed by atoms with Crippen molar-refractivity contribution in [1.29, 1.82) is 0 Å². The van der Waals surface area contributed by atoms with E-state index in [2.05, 4.69) is 26.9 Å². The Labute approximate surface area is 135 Å². The minimum atomic E-state index is -0.0772. The van der Waals surface area contributed by atoms with E-state index in [-0.39, 0.29) is 17.9 Å². The van der Waals surface area contributed by atoms with Crippen molar-refractivity contribution in [2.75, 3.05) is 25.6 Å². The number of imidazole rings is 1. The van der Waals surface area contributed by atoms with Crippen LogP contribution >= 0.6 is 11.8 Å². The van der Waals surface area contributed by atoms with Crippen molar-refractivity contribution in [1.82, 2.24) is 20.6 Å². The minimum Gasteiger partial charge on any atom is -0.346 e. The monoisotopic (exact) mass is 320 g/mol. The molecule has 0 saturated carbocycles. The van der Waals surface area contributed by atoms with E-state index < -0.39 is 0 Å². The molecule has 1 amide bonds. The van der Waals surface area contributed by atoms with Crippen molar-refractivity contribution in [2.45, 2.75) is 19.4 Å². The van der Waals surface area contributed by atoms with E-state index in [1.54, 1.807) is 11.8 Å². The summed E-state index contributed by atoms with van der Waals surface area (Å²) >= 11 is 1.77. The Kier molecular flexibility index (Phi) is 6.27. The van der Waals surface area contributed by atoms with Gasteiger partial charge in [0.15, 0.2) is 0 Å². The van der Waals surface area contributed by atoms with E-state index in [9.17, 15) is 4.79 Å². The Bertz CT molecular complexity index is 580. The molecule has 0 fully saturated rings. The number of H-pyrrole nitrogens is 1. The summed E-state index contributed by atoms with van der Waals surface area (Å²) in [6.45, 7) is 2.59. The van der Waals surface area contributed by atoms with Gasteiger partial charge in [0.2, 0.25) is 5.91 Å². The number of nitrogens with zero attached hydrogens (tertiary/aromatic N) is 1. The zero-order valence-electron chi connectivity index (χ0n) is 13.3. The van der Waals surface area contributed by atoms with Crippen molar-refractivity contribution < 1.29 is 4.79 Å². The van der Waals surface area contributed by atoms with E-state index >= 15 is 0 Å². The number of hydrogen-bond acceptors (Lipinski definition) is 4. The third kappa shape index (κ3) is 4.24. The fraction of sp³-hybridized carbons (Fsp3) is 0.500. The van der Waals surface area contributed by atoms with Crippen LogP contribution in [0.3, 0.4) is 0 Å². The lowest BCUT2D eigenvalue weighted by atomic mass is 10.1. The van der Waals surface area contributed by atoms with E-state index in [0.29, 0.717) is 6.54 Å². The number of aromatic nitrogens is 2. The van der Waals surface area contributed by atoms with Gasteiger partial charge in [0.1, 0.15) is 5.82 Å². The Balaban J connectivity index is 2.16. The zero-order chi connectivity index (χ0) is 15.9. The van der Waals surface area contributed by atoms with Gasteiger partial charge in [-0.1, -0.05) is 19.1 Å². The average molecular weight is 320 g/mol. The molecular formula is C16H24N4OS. The average Bonchev–Trinajstić information content (AvgIpc) is 2.95. The van der Waals surface area contributed by atoms with Crippen molar-refractivity contribution in [3.63, 3.8) is 0 Å². The second kappa shape index (κ2) is 8.19. The maximum Gasteiger partial charge on any atom is 0.224 e. The molecule has 0 aliphatic carbocycles. The van der Waals surface area contributed by atoms with Crippen LogP contribution in [-0.4, -0.2) is 41.5 Å². The molecule has 120 valence electrons. The number of nitrogens with one attached hydrogen (secondary N) is 3. The van der Waals surface area contributed by atoms with Crippen molar-refractivity contribution in [3.05, 3.63) is 30.1 Å². The van der Waals surface area contributed by atoms with Crippen LogP contribution in [0.1, 0.15) is 25.2 Å². The van der Waals surface area contributed by atoms with Crippen LogP contribution in [0.5, 0.6) is 0 Å². The van der Waals surface area contributed by atoms with Crippen molar-refractivity contribution in [2.24, 2.45) is 5.92 Å². The Morgan fingerprint density at radius 3 is 2.86 bits per heavy atom. The summed E-state index contributed by atoms with van der Waals surface area (Å²) in [6, 6.07) is 7.85. The highest BCUT2D eigenvalue weighted by molar-refractivity contribution is 7.98. The van der Waals surface area contributed by atoms with Crippen LogP contribution in [0.4, 0.5) is 0 Å². The van der Waals surface area contributed by atoms with E-state index in [1.165, 1.54) is 0 Å². The summed E-state index contributed by atoms with van der Waals surface area (Å²) in [7, 11) is 1.86. The molecule has 3 N–H and O–H groups in total. The van der Waals surface area contributed by atoms with Gasteiger partial charge in [-0.15, -0.1) is 0 Å². The van der Waals surface area contributed by atoms with Gasteiger partial charge in [0, 0.05) is 12.5 Å². The molecule has 0 spiro atoms. The maximum absolute atomic E-state index is 12.3. The van der Waals surface area contributed by atoms with Crippen LogP contribution in [0.2, 0.25) is 0 Å². The molecule has 2 aromatic rings. The summed E-state index contributed by atoms with van der Waals surface area (Å²) < 4.78 is 0. The van der Waals surface area contributed by atoms with Crippen molar-refractivity contribution >= 4 is 28.7 Å². The molecule has 0 aliphatic heterocycles. The molecule has 1 aromatic heterocycles. The van der Waals surface area contributed by atoms with Crippen LogP contribution in [0, 0.1) is 5.92 Å². The van der Waals surface area contributed by atoms with Gasteiger partial charge in [-0.05, 0) is 37.6 Å². The summed E-state index contributed by atoms with van der Waals surface area (Å²) in [4.78, 5) is 20.3. The SMILES string of the molecule is CNCC(C)C(=O)NC(CCSC)c1nc2ccccc2[nH]1. The summed E-state index contributed by atoms with van der Waals surface area (Å²) in [6.07, 6.45) is 2.93. The number of amides is 1. The van der Waals surface area contributed by atoms with Crippen LogP contribution < -0.4 is 10.6 Å². The number of thioether (sulfide) groups is 1. The minimum absolute atomic E-state index is 0.0564. The standard InChI is InChI=1S/C16H24N4OS/c1-11(10-17-2)16(21)20-14(8-9-22-3)15-18-12-6-4-5-7-13(12)19-15/h4-7,11,14,17H,8-10H2,1-3H3,(H,18,19)(H,20,21). The lowest BCUT2D eigenvalue weighted by Gasteiger charge is -2.19. The van der Waals surface area contributed by atoms with E-state index in [1.807, 2.05) is 38.2 Å². The molecule has 0 bridgehead atoms. The first kappa shape index (κ1) is 16.8. The van der Waals surface area contributed by atoms with E-state index in [0.717, 1.165) is 29.0 Å². The summed E-state index contributed by atoms with van der Waals surface area (Å²) in [5.74, 6) is 1.80. The second-order valence-corrected chi connectivity index (χ2v) is 6.43. The van der Waals surface area contributed by atoms with Crippen LogP contribution in [0.25, 0.3) is 11.0 Å². The third-order valence-corrected chi connectivity index (χ3v) is 4.27. The van der Waals surface area contributed by atoms with Gasteiger partial charge < -0.3 is 15.6 Å². The first-order valence-electron chi connectivity index (χ1n) is 7.54. The normalized spacial score (nSPS) is 14.0. The lowest BCUT2D eigenvalue weighted by Crippen LogP contribution is -2.37. The smallest absolute Gasteiger partial charge is 0.224 e. The number of hydrogen-bond donors (Lipinski definition) is 3. The number of para-hydroxylation sites is 2. The summed E-state index contributed by atoms with van der Waals surface area (Å²) in [5, 5.41) is 6.17. The van der Waals surface area contributed by atoms with Crippen LogP contribution in [0.15, 0.2) is 24.3 Å². The number of carbonyl (C=O) groups excluding carboxylic acids is 1. The molecule has 0 aliphatic rings. The molecule has 5 nitrogen and oxygen atoms in total. The quantitative estimate of drug-likeness (QED) is 0.698. The second-order valence-electron chi connectivity index (χ2n) is 5.44. The Hall–Kier alpha value is -1.53. The molecule has 0 saturated heterocycles. The van der Waals surface area contributed by atoms with Gasteiger partial charge in [0.25, 0.3) is 0 Å². The zero-order valence-corrected chi connectivity index (χ0v) is 14.2. The first-order chi connectivity index (χ1) is 10.7. The maximum atomic E-state index is 12.3. The molecular weight excluding hydrogens is 296 g/mol. The van der Waals surface area contributed by atoms with Crippen LogP contribution in [-0.2, 0) is 4.79 Å². The molecule has 0 radical (unpaired) electrons. The number of benzene rings is 1. The molecule has 22 heavy (non-hydrogen) atoms. The fourth-order valence-corrected chi connectivity index (χ4v) is 2.83. The number of rotatable bonds is 8. The number of fused-ring (bicyclic) bond motifs is 1. The number of carbonyl (C=O) groups is 1. The highest BCUT2D eigenvalue weighted by atomic mass is 32.2. The lowest BCUT2D eigenvalue weighted by molar-refractivity contribution is -0.125. The molecule has 2 atom stereocenters. The molecule has 1 heterocycles. The molecule has 2 unspecified atom stereocenters. The molecule has 6 heteroatoms. The van der Waals surface area contributed by atoms with Gasteiger partial charge in [-0.3, -0.25) is 4.79 Å². The number of aromatic amines is 1. The van der Waals surface area contributed by atoms with E-state index in [4.69, 9.17) is 0 Å². The van der Waals surface area contributed by atoms with Crippen molar-refractivity contribution in [3.8, 4) is 0 Å². The summed E-state index contributed by atoms with van der Waals surface area (Å²) in [5.41, 5.74) is 1.94. The van der Waals surface area contributed by atoms with Gasteiger partial charge in [-0.2, -0.15) is 11.8 Å².